The van der Waals surface area contributed by atoms with Gasteiger partial charge in [-0.15, -0.1) is 0 Å². The lowest BCUT2D eigenvalue weighted by atomic mass is 9.85. The van der Waals surface area contributed by atoms with Gasteiger partial charge in [0.05, 0.1) is 12.2 Å². The number of alkyl halides is 3. The summed E-state index contributed by atoms with van der Waals surface area (Å²) in [5.74, 6) is -2.50. The molecule has 4 fully saturated rings. The summed E-state index contributed by atoms with van der Waals surface area (Å²) >= 11 is 0. The number of aliphatic hydroxyl groups is 2. The van der Waals surface area contributed by atoms with Gasteiger partial charge in [0.2, 0.25) is 0 Å². The molecule has 1 aromatic carbocycles. The average Bonchev–Trinajstić information content (AvgIpc) is 3.87. The molecule has 45 heavy (non-hydrogen) atoms. The summed E-state index contributed by atoms with van der Waals surface area (Å²) in [6, 6.07) is 6.68. The zero-order valence-corrected chi connectivity index (χ0v) is 25.6. The molecule has 3 aliphatic heterocycles. The molecule has 2 aromatic rings. The van der Waals surface area contributed by atoms with Gasteiger partial charge in [0, 0.05) is 75.3 Å². The Kier molecular flexibility index (Phi) is 8.51. The Bertz CT molecular complexity index is 1380. The Morgan fingerprint density at radius 3 is 2.36 bits per heavy atom. The number of ether oxygens (including phenoxy) is 1. The van der Waals surface area contributed by atoms with Crippen LogP contribution in [0.4, 0.5) is 29.1 Å². The van der Waals surface area contributed by atoms with E-state index in [4.69, 9.17) is 4.74 Å². The molecule has 0 bridgehead atoms. The van der Waals surface area contributed by atoms with E-state index in [0.717, 1.165) is 57.1 Å². The van der Waals surface area contributed by atoms with Gasteiger partial charge in [-0.05, 0) is 75.8 Å². The minimum absolute atomic E-state index is 0.00910. The molecule has 1 amide bonds. The summed E-state index contributed by atoms with van der Waals surface area (Å²) in [6.07, 6.45) is 0.0620. The van der Waals surface area contributed by atoms with Gasteiger partial charge in [-0.2, -0.15) is 13.2 Å². The Morgan fingerprint density at radius 2 is 1.76 bits per heavy atom. The smallest absolute Gasteiger partial charge is 0.366 e. The van der Waals surface area contributed by atoms with Gasteiger partial charge in [-0.1, -0.05) is 0 Å². The lowest BCUT2D eigenvalue weighted by molar-refractivity contribution is -0.176. The van der Waals surface area contributed by atoms with Crippen LogP contribution in [0, 0.1) is 11.7 Å². The second kappa shape index (κ2) is 12.0. The quantitative estimate of drug-likeness (QED) is 0.368. The van der Waals surface area contributed by atoms with Crippen LogP contribution in [0.25, 0.3) is 0 Å². The lowest BCUT2D eigenvalue weighted by Gasteiger charge is -2.49. The van der Waals surface area contributed by atoms with Crippen LogP contribution in [0.2, 0.25) is 0 Å². The molecule has 6 rings (SSSR count). The highest BCUT2D eigenvalue weighted by Crippen LogP contribution is 2.48. The minimum Gasteiger partial charge on any atom is -0.366 e. The van der Waals surface area contributed by atoms with Crippen LogP contribution < -0.4 is 9.80 Å². The molecular weight excluding hydrogens is 594 g/mol. The van der Waals surface area contributed by atoms with Crippen LogP contribution in [-0.2, 0) is 21.5 Å². The number of carbonyl (C=O) groups excluding carboxylic acids is 1. The number of piperazine rings is 2. The van der Waals surface area contributed by atoms with Crippen LogP contribution >= 0.6 is 0 Å². The predicted octanol–water partition coefficient (Wildman–Crippen LogP) is 3.58. The third-order valence-electron chi connectivity index (χ3n) is 9.91. The van der Waals surface area contributed by atoms with Gasteiger partial charge in [-0.25, -0.2) is 9.37 Å². The fraction of sp³-hybridized carbons (Fsp3) is 0.625. The van der Waals surface area contributed by atoms with E-state index in [1.807, 2.05) is 4.90 Å². The molecule has 1 aromatic heterocycles. The normalized spacial score (nSPS) is 27.2. The standard InChI is InChI=1S/C32H41F4N5O4/c1-21-19-40(15-16-41(21)24-5-6-27(33)26(18-24)30(2,43)44)25-7-9-31(45-20-25,22-3-4-22)29(42)39-13-11-38(12-14-39)28-17-23(8-10-37-28)32(34,35)36/h5-6,8,10,17-18,21-22,25,43-44H,3-4,7,9,11-16,19-20H2,1-2H3/t21-,25+,31-/m0/s1. The van der Waals surface area contributed by atoms with Crippen molar-refractivity contribution in [3.63, 3.8) is 0 Å². The van der Waals surface area contributed by atoms with Crippen LogP contribution in [0.1, 0.15) is 50.7 Å². The number of aromatic nitrogens is 1. The Morgan fingerprint density at radius 1 is 1.02 bits per heavy atom. The summed E-state index contributed by atoms with van der Waals surface area (Å²) in [5, 5.41) is 20.0. The maximum absolute atomic E-state index is 14.2. The molecule has 246 valence electrons. The highest BCUT2D eigenvalue weighted by Gasteiger charge is 2.56. The number of halogens is 4. The number of nitrogens with zero attached hydrogens (tertiary/aromatic N) is 5. The number of anilines is 2. The zero-order chi connectivity index (χ0) is 32.1. The van der Waals surface area contributed by atoms with Crippen molar-refractivity contribution < 1.29 is 37.3 Å². The number of amides is 1. The maximum Gasteiger partial charge on any atom is 0.416 e. The topological polar surface area (TPSA) is 92.6 Å². The molecule has 1 aliphatic carbocycles. The van der Waals surface area contributed by atoms with Crippen molar-refractivity contribution in [1.82, 2.24) is 14.8 Å². The maximum atomic E-state index is 14.2. The minimum atomic E-state index is -4.44. The Hall–Kier alpha value is -3.00. The van der Waals surface area contributed by atoms with Crippen molar-refractivity contribution in [2.75, 3.05) is 62.2 Å². The largest absolute Gasteiger partial charge is 0.416 e. The van der Waals surface area contributed by atoms with Gasteiger partial charge < -0.3 is 29.6 Å². The molecular formula is C32H41F4N5O4. The van der Waals surface area contributed by atoms with Crippen molar-refractivity contribution in [3.05, 3.63) is 53.5 Å². The molecule has 2 N–H and O–H groups in total. The van der Waals surface area contributed by atoms with Gasteiger partial charge in [-0.3, -0.25) is 9.69 Å². The number of carbonyl (C=O) groups is 1. The first-order valence-corrected chi connectivity index (χ1v) is 15.7. The Labute approximate surface area is 260 Å². The second-order valence-electron chi connectivity index (χ2n) is 13.1. The van der Waals surface area contributed by atoms with Gasteiger partial charge >= 0.3 is 6.18 Å². The molecule has 0 spiro atoms. The third-order valence-corrected chi connectivity index (χ3v) is 9.91. The molecule has 0 radical (unpaired) electrons. The van der Waals surface area contributed by atoms with E-state index in [0.29, 0.717) is 45.8 Å². The van der Waals surface area contributed by atoms with E-state index in [2.05, 4.69) is 21.7 Å². The van der Waals surface area contributed by atoms with Crippen molar-refractivity contribution >= 4 is 17.4 Å². The number of rotatable bonds is 6. The van der Waals surface area contributed by atoms with E-state index in [-0.39, 0.29) is 35.3 Å². The molecule has 3 saturated heterocycles. The van der Waals surface area contributed by atoms with E-state index >= 15 is 0 Å². The SMILES string of the molecule is C[C@H]1CN([C@@H]2CC[C@@](C(=O)N3CCN(c4cc(C(F)(F)F)ccn4)CC3)(C3CC3)OC2)CCN1c1ccc(F)c(C(C)(O)O)c1. The van der Waals surface area contributed by atoms with Crippen LogP contribution in [0.15, 0.2) is 36.5 Å². The number of pyridine rings is 1. The highest BCUT2D eigenvalue weighted by atomic mass is 19.4. The predicted molar refractivity (Wildman–Crippen MR) is 159 cm³/mol. The molecule has 9 nitrogen and oxygen atoms in total. The molecule has 4 heterocycles. The number of hydrogen-bond donors (Lipinski definition) is 2. The fourth-order valence-electron chi connectivity index (χ4n) is 7.21. The van der Waals surface area contributed by atoms with E-state index in [1.54, 1.807) is 11.0 Å². The van der Waals surface area contributed by atoms with Gasteiger partial charge in [0.1, 0.15) is 17.2 Å². The Balaban J connectivity index is 1.05. The monoisotopic (exact) mass is 635 g/mol. The lowest BCUT2D eigenvalue weighted by Crippen LogP contribution is -2.62. The number of benzene rings is 1. The first kappa shape index (κ1) is 32.0. The zero-order valence-electron chi connectivity index (χ0n) is 25.6. The molecule has 3 atom stereocenters. The first-order chi connectivity index (χ1) is 21.3. The molecule has 0 unspecified atom stereocenters. The van der Waals surface area contributed by atoms with Crippen molar-refractivity contribution in [2.45, 2.75) is 69.2 Å². The van der Waals surface area contributed by atoms with Crippen LogP contribution in [0.5, 0.6) is 0 Å². The average molecular weight is 636 g/mol. The van der Waals surface area contributed by atoms with E-state index in [9.17, 15) is 32.6 Å². The summed E-state index contributed by atoms with van der Waals surface area (Å²) in [6.45, 7) is 7.43. The summed E-state index contributed by atoms with van der Waals surface area (Å²) in [5.41, 5.74) is -1.02. The van der Waals surface area contributed by atoms with E-state index in [1.165, 1.54) is 18.3 Å². The summed E-state index contributed by atoms with van der Waals surface area (Å²) < 4.78 is 60.4. The third kappa shape index (κ3) is 6.49. The summed E-state index contributed by atoms with van der Waals surface area (Å²) in [4.78, 5) is 26.2. The van der Waals surface area contributed by atoms with Gasteiger partial charge in [0.25, 0.3) is 5.91 Å². The second-order valence-corrected chi connectivity index (χ2v) is 13.1. The van der Waals surface area contributed by atoms with Crippen LogP contribution in [-0.4, -0.2) is 101 Å². The molecule has 4 aliphatic rings. The van der Waals surface area contributed by atoms with Crippen molar-refractivity contribution in [1.29, 1.82) is 0 Å². The fourth-order valence-corrected chi connectivity index (χ4v) is 7.21. The first-order valence-electron chi connectivity index (χ1n) is 15.7. The summed E-state index contributed by atoms with van der Waals surface area (Å²) in [7, 11) is 0. The molecule has 13 heteroatoms. The van der Waals surface area contributed by atoms with Crippen LogP contribution in [0.3, 0.4) is 0 Å². The van der Waals surface area contributed by atoms with E-state index < -0.39 is 28.9 Å². The van der Waals surface area contributed by atoms with Crippen molar-refractivity contribution in [3.8, 4) is 0 Å². The van der Waals surface area contributed by atoms with Gasteiger partial charge in [0.15, 0.2) is 5.79 Å². The highest BCUT2D eigenvalue weighted by molar-refractivity contribution is 5.86. The molecule has 1 saturated carbocycles. The van der Waals surface area contributed by atoms with Crippen molar-refractivity contribution in [2.24, 2.45) is 5.92 Å². The number of hydrogen-bond acceptors (Lipinski definition) is 8.